The molecule has 0 radical (unpaired) electrons. The van der Waals surface area contributed by atoms with Gasteiger partial charge in [-0.15, -0.1) is 0 Å². The van der Waals surface area contributed by atoms with Crippen molar-refractivity contribution in [3.05, 3.63) is 54.1 Å². The summed E-state index contributed by atoms with van der Waals surface area (Å²) < 4.78 is 5.19. The smallest absolute Gasteiger partial charge is 0.306 e. The van der Waals surface area contributed by atoms with Gasteiger partial charge in [-0.05, 0) is 47.7 Å². The van der Waals surface area contributed by atoms with Crippen molar-refractivity contribution in [1.82, 2.24) is 5.32 Å². The van der Waals surface area contributed by atoms with Crippen LogP contribution in [0.2, 0.25) is 0 Å². The van der Waals surface area contributed by atoms with Gasteiger partial charge in [0.2, 0.25) is 0 Å². The van der Waals surface area contributed by atoms with Crippen molar-refractivity contribution >= 4 is 5.97 Å². The molecule has 0 bridgehead atoms. The molecule has 120 valence electrons. The molecule has 2 aromatic carbocycles. The Bertz CT molecular complexity index is 675. The Balaban J connectivity index is 1.60. The average molecular weight is 311 g/mol. The van der Waals surface area contributed by atoms with Gasteiger partial charge in [-0.2, -0.15) is 0 Å². The summed E-state index contributed by atoms with van der Waals surface area (Å²) in [6, 6.07) is 16.7. The van der Waals surface area contributed by atoms with Crippen LogP contribution < -0.4 is 10.1 Å². The fraction of sp³-hybridized carbons (Fsp3) is 0.316. The van der Waals surface area contributed by atoms with Crippen LogP contribution in [0.15, 0.2) is 48.5 Å². The van der Waals surface area contributed by atoms with Gasteiger partial charge in [-0.1, -0.05) is 30.3 Å². The molecule has 4 heteroatoms. The first-order chi connectivity index (χ1) is 11.2. The van der Waals surface area contributed by atoms with Gasteiger partial charge < -0.3 is 15.2 Å². The van der Waals surface area contributed by atoms with Crippen LogP contribution in [0.25, 0.3) is 11.1 Å². The van der Waals surface area contributed by atoms with Crippen molar-refractivity contribution in [2.75, 3.05) is 7.11 Å². The number of carboxylic acids is 1. The van der Waals surface area contributed by atoms with E-state index < -0.39 is 5.97 Å². The number of aliphatic carboxylic acids is 1. The molecule has 3 rings (SSSR count). The highest BCUT2D eigenvalue weighted by atomic mass is 16.5. The Morgan fingerprint density at radius 3 is 2.57 bits per heavy atom. The van der Waals surface area contributed by atoms with Crippen LogP contribution in [-0.2, 0) is 11.3 Å². The first-order valence-electron chi connectivity index (χ1n) is 7.85. The summed E-state index contributed by atoms with van der Waals surface area (Å²) in [5.41, 5.74) is 3.53. The van der Waals surface area contributed by atoms with Crippen LogP contribution in [0.4, 0.5) is 0 Å². The molecule has 0 aliphatic heterocycles. The lowest BCUT2D eigenvalue weighted by molar-refractivity contribution is -0.145. The zero-order chi connectivity index (χ0) is 16.2. The SMILES string of the molecule is COc1ccc(-c2cccc(CNC3CC(C(=O)O)C3)c2)cc1. The molecule has 2 aromatic rings. The number of ether oxygens (including phenoxy) is 1. The van der Waals surface area contributed by atoms with Crippen molar-refractivity contribution in [3.8, 4) is 16.9 Å². The first-order valence-corrected chi connectivity index (χ1v) is 7.85. The van der Waals surface area contributed by atoms with Crippen LogP contribution in [0, 0.1) is 5.92 Å². The Morgan fingerprint density at radius 1 is 1.17 bits per heavy atom. The van der Waals surface area contributed by atoms with E-state index in [-0.39, 0.29) is 5.92 Å². The van der Waals surface area contributed by atoms with Gasteiger partial charge in [0.25, 0.3) is 0 Å². The second-order valence-corrected chi connectivity index (χ2v) is 6.01. The standard InChI is InChI=1S/C19H21NO3/c1-23-18-7-5-14(6-8-18)15-4-2-3-13(9-15)12-20-17-10-16(11-17)19(21)22/h2-9,16-17,20H,10-12H2,1H3,(H,21,22). The summed E-state index contributed by atoms with van der Waals surface area (Å²) in [6.45, 7) is 0.765. The second-order valence-electron chi connectivity index (χ2n) is 6.01. The van der Waals surface area contributed by atoms with Gasteiger partial charge >= 0.3 is 5.97 Å². The molecule has 4 nitrogen and oxygen atoms in total. The number of methoxy groups -OCH3 is 1. The van der Waals surface area contributed by atoms with Crippen LogP contribution in [0.3, 0.4) is 0 Å². The second kappa shape index (κ2) is 6.84. The van der Waals surface area contributed by atoms with E-state index in [2.05, 4.69) is 41.7 Å². The lowest BCUT2D eigenvalue weighted by Gasteiger charge is -2.33. The third-order valence-electron chi connectivity index (χ3n) is 4.43. The van der Waals surface area contributed by atoms with Crippen molar-refractivity contribution in [2.24, 2.45) is 5.92 Å². The fourth-order valence-electron chi connectivity index (χ4n) is 2.89. The molecular formula is C19H21NO3. The third-order valence-corrected chi connectivity index (χ3v) is 4.43. The molecule has 1 fully saturated rings. The summed E-state index contributed by atoms with van der Waals surface area (Å²) in [6.07, 6.45) is 1.46. The average Bonchev–Trinajstić information content (AvgIpc) is 2.53. The molecule has 1 aliphatic carbocycles. The summed E-state index contributed by atoms with van der Waals surface area (Å²) in [7, 11) is 1.66. The maximum atomic E-state index is 10.8. The third kappa shape index (κ3) is 3.71. The minimum Gasteiger partial charge on any atom is -0.497 e. The minimum atomic E-state index is -0.676. The summed E-state index contributed by atoms with van der Waals surface area (Å²) in [4.78, 5) is 10.8. The molecule has 0 unspecified atom stereocenters. The van der Waals surface area contributed by atoms with Crippen molar-refractivity contribution in [1.29, 1.82) is 0 Å². The molecule has 1 aliphatic rings. The Labute approximate surface area is 136 Å². The molecule has 0 amide bonds. The van der Waals surface area contributed by atoms with E-state index in [1.807, 2.05) is 12.1 Å². The fourth-order valence-corrected chi connectivity index (χ4v) is 2.89. The van der Waals surface area contributed by atoms with E-state index in [0.29, 0.717) is 6.04 Å². The number of benzene rings is 2. The first kappa shape index (κ1) is 15.6. The molecular weight excluding hydrogens is 290 g/mol. The van der Waals surface area contributed by atoms with Gasteiger partial charge in [0.05, 0.1) is 13.0 Å². The molecule has 0 atom stereocenters. The van der Waals surface area contributed by atoms with E-state index in [1.54, 1.807) is 7.11 Å². The van der Waals surface area contributed by atoms with E-state index in [1.165, 1.54) is 11.1 Å². The lowest BCUT2D eigenvalue weighted by atomic mass is 9.80. The Hall–Kier alpha value is -2.33. The summed E-state index contributed by atoms with van der Waals surface area (Å²) in [5, 5.41) is 12.3. The summed E-state index contributed by atoms with van der Waals surface area (Å²) >= 11 is 0. The number of carboxylic acid groups (broad SMARTS) is 1. The number of hydrogen-bond donors (Lipinski definition) is 2. The molecule has 2 N–H and O–H groups in total. The van der Waals surface area contributed by atoms with Crippen LogP contribution in [0.1, 0.15) is 18.4 Å². The molecule has 23 heavy (non-hydrogen) atoms. The van der Waals surface area contributed by atoms with E-state index in [4.69, 9.17) is 9.84 Å². The maximum Gasteiger partial charge on any atom is 0.306 e. The van der Waals surface area contributed by atoms with Crippen molar-refractivity contribution < 1.29 is 14.6 Å². The highest BCUT2D eigenvalue weighted by Crippen LogP contribution is 2.28. The largest absolute Gasteiger partial charge is 0.497 e. The molecule has 0 heterocycles. The Morgan fingerprint density at radius 2 is 1.91 bits per heavy atom. The Kier molecular flexibility index (Phi) is 4.63. The topological polar surface area (TPSA) is 58.6 Å². The predicted molar refractivity (Wildman–Crippen MR) is 89.4 cm³/mol. The zero-order valence-corrected chi connectivity index (χ0v) is 13.2. The number of rotatable bonds is 6. The van der Waals surface area contributed by atoms with Gasteiger partial charge in [0.15, 0.2) is 0 Å². The minimum absolute atomic E-state index is 0.168. The summed E-state index contributed by atoms with van der Waals surface area (Å²) in [5.74, 6) is 0.00669. The van der Waals surface area contributed by atoms with Crippen molar-refractivity contribution in [3.63, 3.8) is 0 Å². The van der Waals surface area contributed by atoms with Gasteiger partial charge in [-0.25, -0.2) is 0 Å². The van der Waals surface area contributed by atoms with E-state index in [0.717, 1.165) is 30.7 Å². The van der Waals surface area contributed by atoms with Crippen LogP contribution >= 0.6 is 0 Å². The number of carbonyl (C=O) groups is 1. The quantitative estimate of drug-likeness (QED) is 0.859. The van der Waals surface area contributed by atoms with E-state index in [9.17, 15) is 4.79 Å². The number of nitrogens with one attached hydrogen (secondary N) is 1. The highest BCUT2D eigenvalue weighted by molar-refractivity contribution is 5.71. The van der Waals surface area contributed by atoms with Gasteiger partial charge in [0, 0.05) is 12.6 Å². The van der Waals surface area contributed by atoms with Crippen LogP contribution in [0.5, 0.6) is 5.75 Å². The number of hydrogen-bond acceptors (Lipinski definition) is 3. The van der Waals surface area contributed by atoms with Gasteiger partial charge in [0.1, 0.15) is 5.75 Å². The van der Waals surface area contributed by atoms with Crippen LogP contribution in [-0.4, -0.2) is 24.2 Å². The van der Waals surface area contributed by atoms with Crippen molar-refractivity contribution in [2.45, 2.75) is 25.4 Å². The molecule has 1 saturated carbocycles. The van der Waals surface area contributed by atoms with E-state index >= 15 is 0 Å². The highest BCUT2D eigenvalue weighted by Gasteiger charge is 2.33. The van der Waals surface area contributed by atoms with Gasteiger partial charge in [-0.3, -0.25) is 4.79 Å². The predicted octanol–water partition coefficient (Wildman–Crippen LogP) is 3.32. The lowest BCUT2D eigenvalue weighted by Crippen LogP contribution is -2.43. The zero-order valence-electron chi connectivity index (χ0n) is 13.2. The maximum absolute atomic E-state index is 10.8. The normalized spacial score (nSPS) is 19.9. The molecule has 0 saturated heterocycles. The molecule has 0 aromatic heterocycles. The molecule has 0 spiro atoms. The monoisotopic (exact) mass is 311 g/mol.